The minimum atomic E-state index is 0.694. The first-order chi connectivity index (χ1) is 8.04. The second-order valence-corrected chi connectivity index (χ2v) is 5.01. The third-order valence-electron chi connectivity index (χ3n) is 3.42. The Morgan fingerprint density at radius 1 is 1.06 bits per heavy atom. The lowest BCUT2D eigenvalue weighted by Crippen LogP contribution is -2.03. The van der Waals surface area contributed by atoms with Gasteiger partial charge in [0.25, 0.3) is 0 Å². The standard InChI is InChI=1S/C15H24.C2H6/c1-6-11(2)9-14(5)15-10-12(3)7-8-13(15)4;1-2/h7-8,10-11,14H,6,9H2,1-5H3;1-2H3. The molecule has 0 N–H and O–H groups in total. The normalized spacial score (nSPS) is 13.6. The Morgan fingerprint density at radius 3 is 2.18 bits per heavy atom. The summed E-state index contributed by atoms with van der Waals surface area (Å²) in [5.74, 6) is 1.53. The van der Waals surface area contributed by atoms with Gasteiger partial charge < -0.3 is 0 Å². The predicted octanol–water partition coefficient (Wildman–Crippen LogP) is 5.87. The van der Waals surface area contributed by atoms with Crippen molar-refractivity contribution in [2.45, 2.75) is 67.2 Å². The number of hydrogen-bond donors (Lipinski definition) is 0. The van der Waals surface area contributed by atoms with E-state index in [4.69, 9.17) is 0 Å². The Balaban J connectivity index is 0.00000121. The summed E-state index contributed by atoms with van der Waals surface area (Å²) in [5, 5.41) is 0. The molecule has 98 valence electrons. The molecule has 0 aliphatic rings. The van der Waals surface area contributed by atoms with Crippen LogP contribution in [0.25, 0.3) is 0 Å². The zero-order chi connectivity index (χ0) is 13.4. The fourth-order valence-corrected chi connectivity index (χ4v) is 2.19. The van der Waals surface area contributed by atoms with E-state index in [0.29, 0.717) is 5.92 Å². The number of hydrogen-bond acceptors (Lipinski definition) is 0. The molecular formula is C17H30. The molecule has 2 atom stereocenters. The molecule has 0 aliphatic heterocycles. The Kier molecular flexibility index (Phi) is 7.95. The monoisotopic (exact) mass is 234 g/mol. The van der Waals surface area contributed by atoms with Gasteiger partial charge in [0.2, 0.25) is 0 Å². The highest BCUT2D eigenvalue weighted by Gasteiger charge is 2.11. The van der Waals surface area contributed by atoms with Crippen LogP contribution in [-0.2, 0) is 0 Å². The molecular weight excluding hydrogens is 204 g/mol. The van der Waals surface area contributed by atoms with E-state index in [1.54, 1.807) is 0 Å². The van der Waals surface area contributed by atoms with Gasteiger partial charge in [0.1, 0.15) is 0 Å². The van der Waals surface area contributed by atoms with E-state index >= 15 is 0 Å². The molecule has 0 aromatic heterocycles. The summed E-state index contributed by atoms with van der Waals surface area (Å²) in [7, 11) is 0. The van der Waals surface area contributed by atoms with E-state index in [9.17, 15) is 0 Å². The molecule has 0 bridgehead atoms. The summed E-state index contributed by atoms with van der Waals surface area (Å²) in [6.07, 6.45) is 2.59. The SMILES string of the molecule is CC.CCC(C)CC(C)c1cc(C)ccc1C. The van der Waals surface area contributed by atoms with Gasteiger partial charge in [-0.15, -0.1) is 0 Å². The van der Waals surface area contributed by atoms with E-state index in [1.807, 2.05) is 13.8 Å². The van der Waals surface area contributed by atoms with Crippen LogP contribution in [0, 0.1) is 19.8 Å². The van der Waals surface area contributed by atoms with Gasteiger partial charge in [-0.05, 0) is 43.2 Å². The fraction of sp³-hybridized carbons (Fsp3) is 0.647. The molecule has 1 rings (SSSR count). The quantitative estimate of drug-likeness (QED) is 0.611. The minimum absolute atomic E-state index is 0.694. The van der Waals surface area contributed by atoms with E-state index in [1.165, 1.54) is 29.5 Å². The molecule has 0 amide bonds. The summed E-state index contributed by atoms with van der Waals surface area (Å²) >= 11 is 0. The number of rotatable bonds is 4. The lowest BCUT2D eigenvalue weighted by atomic mass is 9.87. The molecule has 1 aromatic rings. The summed E-state index contributed by atoms with van der Waals surface area (Å²) in [4.78, 5) is 0. The average Bonchev–Trinajstić information content (AvgIpc) is 2.34. The predicted molar refractivity (Wildman–Crippen MR) is 79.8 cm³/mol. The molecule has 0 aliphatic carbocycles. The maximum absolute atomic E-state index is 2.36. The van der Waals surface area contributed by atoms with Gasteiger partial charge in [-0.2, -0.15) is 0 Å². The minimum Gasteiger partial charge on any atom is -0.0683 e. The molecule has 2 unspecified atom stereocenters. The van der Waals surface area contributed by atoms with E-state index in [2.05, 4.69) is 52.8 Å². The Hall–Kier alpha value is -0.780. The molecule has 0 fully saturated rings. The average molecular weight is 234 g/mol. The van der Waals surface area contributed by atoms with Crippen LogP contribution in [0.15, 0.2) is 18.2 Å². The van der Waals surface area contributed by atoms with Crippen LogP contribution >= 0.6 is 0 Å². The highest BCUT2D eigenvalue weighted by Crippen LogP contribution is 2.27. The maximum Gasteiger partial charge on any atom is -0.0185 e. The highest BCUT2D eigenvalue weighted by molar-refractivity contribution is 5.32. The van der Waals surface area contributed by atoms with Crippen molar-refractivity contribution in [3.05, 3.63) is 34.9 Å². The maximum atomic E-state index is 2.36. The van der Waals surface area contributed by atoms with Crippen LogP contribution in [0.2, 0.25) is 0 Å². The van der Waals surface area contributed by atoms with Crippen molar-refractivity contribution in [1.29, 1.82) is 0 Å². The molecule has 17 heavy (non-hydrogen) atoms. The van der Waals surface area contributed by atoms with Gasteiger partial charge in [0, 0.05) is 0 Å². The van der Waals surface area contributed by atoms with Crippen molar-refractivity contribution in [3.63, 3.8) is 0 Å². The van der Waals surface area contributed by atoms with E-state index in [-0.39, 0.29) is 0 Å². The third kappa shape index (κ3) is 5.39. The van der Waals surface area contributed by atoms with Crippen molar-refractivity contribution in [2.24, 2.45) is 5.92 Å². The molecule has 0 radical (unpaired) electrons. The van der Waals surface area contributed by atoms with E-state index in [0.717, 1.165) is 5.92 Å². The van der Waals surface area contributed by atoms with Gasteiger partial charge in [0.05, 0.1) is 0 Å². The van der Waals surface area contributed by atoms with Gasteiger partial charge in [-0.25, -0.2) is 0 Å². The van der Waals surface area contributed by atoms with E-state index < -0.39 is 0 Å². The van der Waals surface area contributed by atoms with Crippen molar-refractivity contribution in [3.8, 4) is 0 Å². The molecule has 0 saturated heterocycles. The van der Waals surface area contributed by atoms with Gasteiger partial charge >= 0.3 is 0 Å². The second-order valence-electron chi connectivity index (χ2n) is 5.01. The molecule has 0 saturated carbocycles. The Bertz CT molecular complexity index is 312. The van der Waals surface area contributed by atoms with Crippen molar-refractivity contribution in [1.82, 2.24) is 0 Å². The summed E-state index contributed by atoms with van der Waals surface area (Å²) in [6, 6.07) is 6.80. The topological polar surface area (TPSA) is 0 Å². The summed E-state index contributed by atoms with van der Waals surface area (Å²) in [6.45, 7) is 15.4. The van der Waals surface area contributed by atoms with Crippen LogP contribution < -0.4 is 0 Å². The van der Waals surface area contributed by atoms with Crippen LogP contribution in [0.5, 0.6) is 0 Å². The fourth-order valence-electron chi connectivity index (χ4n) is 2.19. The van der Waals surface area contributed by atoms with Crippen LogP contribution in [-0.4, -0.2) is 0 Å². The largest absolute Gasteiger partial charge is 0.0683 e. The zero-order valence-corrected chi connectivity index (χ0v) is 12.8. The lowest BCUT2D eigenvalue weighted by molar-refractivity contribution is 0.470. The molecule has 0 heterocycles. The Labute approximate surface area is 108 Å². The molecule has 0 heteroatoms. The first-order valence-corrected chi connectivity index (χ1v) is 7.11. The first-order valence-electron chi connectivity index (χ1n) is 7.11. The van der Waals surface area contributed by atoms with Gasteiger partial charge in [-0.1, -0.05) is 64.8 Å². The van der Waals surface area contributed by atoms with Crippen LogP contribution in [0.3, 0.4) is 0 Å². The molecule has 0 nitrogen and oxygen atoms in total. The van der Waals surface area contributed by atoms with Crippen LogP contribution in [0.4, 0.5) is 0 Å². The highest BCUT2D eigenvalue weighted by atomic mass is 14.2. The van der Waals surface area contributed by atoms with Crippen molar-refractivity contribution < 1.29 is 0 Å². The van der Waals surface area contributed by atoms with Crippen LogP contribution in [0.1, 0.15) is 70.1 Å². The zero-order valence-electron chi connectivity index (χ0n) is 12.8. The van der Waals surface area contributed by atoms with Crippen molar-refractivity contribution >= 4 is 0 Å². The smallest absolute Gasteiger partial charge is 0.0185 e. The second kappa shape index (κ2) is 8.33. The third-order valence-corrected chi connectivity index (χ3v) is 3.42. The van der Waals surface area contributed by atoms with Gasteiger partial charge in [-0.3, -0.25) is 0 Å². The van der Waals surface area contributed by atoms with Crippen molar-refractivity contribution in [2.75, 3.05) is 0 Å². The number of benzene rings is 1. The molecule has 0 spiro atoms. The lowest BCUT2D eigenvalue weighted by Gasteiger charge is -2.18. The first kappa shape index (κ1) is 16.2. The van der Waals surface area contributed by atoms with Gasteiger partial charge in [0.15, 0.2) is 0 Å². The number of aryl methyl sites for hydroxylation is 2. The molecule has 1 aromatic carbocycles. The summed E-state index contributed by atoms with van der Waals surface area (Å²) < 4.78 is 0. The Morgan fingerprint density at radius 2 is 1.65 bits per heavy atom. The summed E-state index contributed by atoms with van der Waals surface area (Å²) in [5.41, 5.74) is 4.36.